The van der Waals surface area contributed by atoms with Gasteiger partial charge < -0.3 is 16.0 Å². The van der Waals surface area contributed by atoms with Gasteiger partial charge in [-0.1, -0.05) is 90.5 Å². The van der Waals surface area contributed by atoms with Crippen molar-refractivity contribution in [2.45, 2.75) is 17.1 Å². The van der Waals surface area contributed by atoms with Gasteiger partial charge in [-0.25, -0.2) is 4.98 Å². The molecule has 1 heterocycles. The minimum Gasteiger partial charge on any atom is -0.321 e. The van der Waals surface area contributed by atoms with Crippen molar-refractivity contribution in [2.24, 2.45) is 0 Å². The van der Waals surface area contributed by atoms with Crippen LogP contribution >= 0.6 is 23.1 Å². The second-order valence-electron chi connectivity index (χ2n) is 11.5. The van der Waals surface area contributed by atoms with E-state index in [1.165, 1.54) is 35.2 Å². The van der Waals surface area contributed by atoms with Crippen molar-refractivity contribution in [3.05, 3.63) is 177 Å². The first-order valence-electron chi connectivity index (χ1n) is 16.0. The fourth-order valence-corrected chi connectivity index (χ4v) is 6.88. The molecule has 3 amide bonds. The third kappa shape index (κ3) is 9.24. The summed E-state index contributed by atoms with van der Waals surface area (Å²) < 4.78 is 0. The molecule has 0 radical (unpaired) electrons. The molecule has 10 nitrogen and oxygen atoms in total. The SMILES string of the molecule is Cc1cccc(/C=C(\NC(=O)c2ccccc2)C(=O)Nc2ccc(SC(C(=O)Nc3nc(-c4cccc([N+](=O)[O-])c4)cs3)c3ccccc3)cc2)c1. The minimum atomic E-state index is -0.649. The van der Waals surface area contributed by atoms with Gasteiger partial charge in [-0.15, -0.1) is 23.1 Å². The summed E-state index contributed by atoms with van der Waals surface area (Å²) >= 11 is 2.56. The maximum Gasteiger partial charge on any atom is 0.272 e. The molecule has 12 heteroatoms. The smallest absolute Gasteiger partial charge is 0.272 e. The van der Waals surface area contributed by atoms with Crippen LogP contribution in [0.5, 0.6) is 0 Å². The normalized spacial score (nSPS) is 11.7. The molecule has 3 N–H and O–H groups in total. The quantitative estimate of drug-likeness (QED) is 0.0495. The largest absolute Gasteiger partial charge is 0.321 e. The zero-order valence-corrected chi connectivity index (χ0v) is 29.3. The van der Waals surface area contributed by atoms with Crippen molar-refractivity contribution in [1.29, 1.82) is 0 Å². The first-order valence-corrected chi connectivity index (χ1v) is 17.8. The van der Waals surface area contributed by atoms with Gasteiger partial charge in [0.25, 0.3) is 17.5 Å². The molecule has 52 heavy (non-hydrogen) atoms. The standard InChI is InChI=1S/C40H31N5O5S2/c1-26-10-8-11-27(22-26)23-34(42-37(46)29-14-6-3-7-15-29)38(47)41-31-18-20-33(21-19-31)52-36(28-12-4-2-5-13-28)39(48)44-40-43-35(25-51-40)30-16-9-17-32(24-30)45(49)50/h2-25,36H,1H3,(H,41,47)(H,42,46)(H,43,44,48)/b34-23-. The van der Waals surface area contributed by atoms with Crippen molar-refractivity contribution in [2.75, 3.05) is 10.6 Å². The van der Waals surface area contributed by atoms with Crippen LogP contribution in [0.25, 0.3) is 17.3 Å². The number of hydrogen-bond donors (Lipinski definition) is 3. The molecule has 0 aliphatic carbocycles. The average Bonchev–Trinajstić information content (AvgIpc) is 3.63. The fourth-order valence-electron chi connectivity index (χ4n) is 5.13. The molecule has 0 saturated heterocycles. The number of amides is 3. The number of thiazole rings is 1. The van der Waals surface area contributed by atoms with E-state index in [1.807, 2.05) is 67.6 Å². The third-order valence-corrected chi connectivity index (χ3v) is 9.70. The number of nitrogens with zero attached hydrogens (tertiary/aromatic N) is 2. The zero-order chi connectivity index (χ0) is 36.5. The third-order valence-electron chi connectivity index (χ3n) is 7.68. The number of benzene rings is 5. The predicted molar refractivity (Wildman–Crippen MR) is 206 cm³/mol. The fraction of sp³-hybridized carbons (Fsp3) is 0.0500. The zero-order valence-electron chi connectivity index (χ0n) is 27.7. The first kappa shape index (κ1) is 35.5. The predicted octanol–water partition coefficient (Wildman–Crippen LogP) is 8.91. The Bertz CT molecular complexity index is 2260. The van der Waals surface area contributed by atoms with Gasteiger partial charge in [0.2, 0.25) is 5.91 Å². The maximum atomic E-state index is 13.7. The van der Waals surface area contributed by atoms with Gasteiger partial charge in [0.05, 0.1) is 10.6 Å². The summed E-state index contributed by atoms with van der Waals surface area (Å²) in [6.07, 6.45) is 1.63. The lowest BCUT2D eigenvalue weighted by molar-refractivity contribution is -0.384. The van der Waals surface area contributed by atoms with E-state index in [0.29, 0.717) is 27.6 Å². The van der Waals surface area contributed by atoms with E-state index in [9.17, 15) is 24.5 Å². The lowest BCUT2D eigenvalue weighted by Crippen LogP contribution is -2.30. The van der Waals surface area contributed by atoms with E-state index < -0.39 is 22.0 Å². The molecule has 0 aliphatic heterocycles. The number of nitro groups is 1. The van der Waals surface area contributed by atoms with E-state index in [4.69, 9.17) is 0 Å². The van der Waals surface area contributed by atoms with Crippen molar-refractivity contribution < 1.29 is 19.3 Å². The summed E-state index contributed by atoms with van der Waals surface area (Å²) in [7, 11) is 0. The molecule has 6 rings (SSSR count). The highest BCUT2D eigenvalue weighted by atomic mass is 32.2. The van der Waals surface area contributed by atoms with Gasteiger partial charge in [0, 0.05) is 39.2 Å². The minimum absolute atomic E-state index is 0.0452. The van der Waals surface area contributed by atoms with Crippen LogP contribution in [0.1, 0.15) is 32.3 Å². The summed E-state index contributed by atoms with van der Waals surface area (Å²) in [5, 5.41) is 21.2. The molecule has 5 aromatic carbocycles. The van der Waals surface area contributed by atoms with Crippen LogP contribution < -0.4 is 16.0 Å². The van der Waals surface area contributed by atoms with Crippen molar-refractivity contribution >= 4 is 63.4 Å². The number of thioether (sulfide) groups is 1. The molecule has 0 spiro atoms. The van der Waals surface area contributed by atoms with Crippen LogP contribution in [0.3, 0.4) is 0 Å². The Labute approximate surface area is 307 Å². The molecule has 1 unspecified atom stereocenters. The summed E-state index contributed by atoms with van der Waals surface area (Å²) in [4.78, 5) is 56.3. The topological polar surface area (TPSA) is 143 Å². The Hall–Kier alpha value is -6.37. The molecule has 0 saturated carbocycles. The van der Waals surface area contributed by atoms with Gasteiger partial charge in [0.1, 0.15) is 10.9 Å². The van der Waals surface area contributed by atoms with Gasteiger partial charge in [0.15, 0.2) is 5.13 Å². The van der Waals surface area contributed by atoms with Gasteiger partial charge in [-0.3, -0.25) is 24.5 Å². The Balaban J connectivity index is 1.17. The maximum absolute atomic E-state index is 13.7. The second kappa shape index (κ2) is 16.6. The number of nitrogens with one attached hydrogen (secondary N) is 3. The van der Waals surface area contributed by atoms with Crippen molar-refractivity contribution in [3.8, 4) is 11.3 Å². The monoisotopic (exact) mass is 725 g/mol. The highest BCUT2D eigenvalue weighted by Gasteiger charge is 2.24. The van der Waals surface area contributed by atoms with E-state index in [2.05, 4.69) is 20.9 Å². The van der Waals surface area contributed by atoms with Crippen LogP contribution in [0.4, 0.5) is 16.5 Å². The Morgan fingerprint density at radius 1 is 0.827 bits per heavy atom. The van der Waals surface area contributed by atoms with Gasteiger partial charge in [-0.05, 0) is 60.5 Å². The Morgan fingerprint density at radius 2 is 1.54 bits per heavy atom. The van der Waals surface area contributed by atoms with Gasteiger partial charge in [-0.2, -0.15) is 0 Å². The Kier molecular flexibility index (Phi) is 11.3. The van der Waals surface area contributed by atoms with E-state index in [-0.39, 0.29) is 17.3 Å². The van der Waals surface area contributed by atoms with E-state index in [1.54, 1.807) is 72.1 Å². The molecule has 0 fully saturated rings. The molecule has 0 bridgehead atoms. The van der Waals surface area contributed by atoms with Crippen molar-refractivity contribution in [3.63, 3.8) is 0 Å². The van der Waals surface area contributed by atoms with Crippen LogP contribution in [-0.4, -0.2) is 27.6 Å². The average molecular weight is 726 g/mol. The number of anilines is 2. The molecule has 0 aliphatic rings. The molecular weight excluding hydrogens is 695 g/mol. The number of carbonyl (C=O) groups excluding carboxylic acids is 3. The lowest BCUT2D eigenvalue weighted by Gasteiger charge is -2.17. The highest BCUT2D eigenvalue weighted by molar-refractivity contribution is 8.00. The van der Waals surface area contributed by atoms with E-state index in [0.717, 1.165) is 21.6 Å². The summed E-state index contributed by atoms with van der Waals surface area (Å²) in [5.41, 5.74) is 4.58. The van der Waals surface area contributed by atoms with Crippen LogP contribution in [0.2, 0.25) is 0 Å². The number of aryl methyl sites for hydroxylation is 1. The molecule has 258 valence electrons. The number of aromatic nitrogens is 1. The van der Waals surface area contributed by atoms with Crippen molar-refractivity contribution in [1.82, 2.24) is 10.3 Å². The summed E-state index contributed by atoms with van der Waals surface area (Å²) in [5.74, 6) is -1.21. The van der Waals surface area contributed by atoms with Gasteiger partial charge >= 0.3 is 0 Å². The van der Waals surface area contributed by atoms with Crippen LogP contribution in [0.15, 0.2) is 149 Å². The van der Waals surface area contributed by atoms with Crippen LogP contribution in [-0.2, 0) is 9.59 Å². The molecule has 6 aromatic rings. The number of hydrogen-bond acceptors (Lipinski definition) is 8. The number of rotatable bonds is 12. The number of nitro benzene ring substituents is 1. The number of carbonyl (C=O) groups is 3. The Morgan fingerprint density at radius 3 is 2.25 bits per heavy atom. The molecular formula is C40H31N5O5S2. The summed E-state index contributed by atoms with van der Waals surface area (Å²) in [6.45, 7) is 1.95. The number of non-ortho nitro benzene ring substituents is 1. The summed E-state index contributed by atoms with van der Waals surface area (Å²) in [6, 6.07) is 38.8. The van der Waals surface area contributed by atoms with Crippen LogP contribution in [0, 0.1) is 17.0 Å². The molecule has 1 atom stereocenters. The molecule has 1 aromatic heterocycles. The van der Waals surface area contributed by atoms with E-state index >= 15 is 0 Å². The first-order chi connectivity index (χ1) is 25.2. The lowest BCUT2D eigenvalue weighted by atomic mass is 10.1. The second-order valence-corrected chi connectivity index (χ2v) is 13.6. The highest BCUT2D eigenvalue weighted by Crippen LogP contribution is 2.37.